The summed E-state index contributed by atoms with van der Waals surface area (Å²) in [7, 11) is 0. The number of benzene rings is 1. The predicted octanol–water partition coefficient (Wildman–Crippen LogP) is 3.90. The molecule has 29 heavy (non-hydrogen) atoms. The largest absolute Gasteiger partial charge is 0.393 e. The van der Waals surface area contributed by atoms with Crippen LogP contribution >= 0.6 is 0 Å². The van der Waals surface area contributed by atoms with E-state index in [0.717, 1.165) is 0 Å². The number of aromatic nitrogens is 3. The molecule has 0 spiro atoms. The minimum absolute atomic E-state index is 0.0831. The molecule has 2 fully saturated rings. The molecule has 0 unspecified atom stereocenters. The van der Waals surface area contributed by atoms with Crippen molar-refractivity contribution in [3.63, 3.8) is 0 Å². The number of amides is 1. The van der Waals surface area contributed by atoms with E-state index in [1.54, 1.807) is 18.3 Å². The molecule has 7 heteroatoms. The Morgan fingerprint density at radius 1 is 1.14 bits per heavy atom. The van der Waals surface area contributed by atoms with E-state index in [1.165, 1.54) is 24.5 Å². The van der Waals surface area contributed by atoms with Gasteiger partial charge in [-0.05, 0) is 68.2 Å². The lowest BCUT2D eigenvalue weighted by Gasteiger charge is -2.24. The minimum atomic E-state index is -0.394. The number of hydrogen-bond acceptors (Lipinski definition) is 4. The molecule has 2 aromatic heterocycles. The third-order valence-electron chi connectivity index (χ3n) is 5.96. The first-order valence-corrected chi connectivity index (χ1v) is 10.2. The van der Waals surface area contributed by atoms with Gasteiger partial charge < -0.3 is 10.4 Å². The van der Waals surface area contributed by atoms with Crippen LogP contribution in [-0.2, 0) is 4.79 Å². The topological polar surface area (TPSA) is 79.5 Å². The van der Waals surface area contributed by atoms with Gasteiger partial charge in [0.05, 0.1) is 11.8 Å². The maximum atomic E-state index is 14.5. The van der Waals surface area contributed by atoms with Crippen LogP contribution < -0.4 is 5.32 Å². The number of imidazole rings is 1. The minimum Gasteiger partial charge on any atom is -0.393 e. The van der Waals surface area contributed by atoms with E-state index >= 15 is 0 Å². The molecule has 2 heterocycles. The van der Waals surface area contributed by atoms with Gasteiger partial charge >= 0.3 is 0 Å². The summed E-state index contributed by atoms with van der Waals surface area (Å²) in [5, 5.41) is 12.5. The van der Waals surface area contributed by atoms with Gasteiger partial charge in [0.1, 0.15) is 5.82 Å². The molecule has 6 nitrogen and oxygen atoms in total. The quantitative estimate of drug-likeness (QED) is 0.703. The highest BCUT2D eigenvalue weighted by Gasteiger charge is 2.26. The number of halogens is 1. The van der Waals surface area contributed by atoms with Crippen LogP contribution in [0.4, 0.5) is 10.1 Å². The number of nitrogens with one attached hydrogen (secondary N) is 1. The number of carbonyl (C=O) groups excluding carboxylic acids is 1. The third-order valence-corrected chi connectivity index (χ3v) is 5.96. The van der Waals surface area contributed by atoms with Crippen molar-refractivity contribution in [2.24, 2.45) is 5.92 Å². The number of nitrogens with zero attached hydrogens (tertiary/aromatic N) is 3. The highest BCUT2D eigenvalue weighted by Crippen LogP contribution is 2.39. The fourth-order valence-electron chi connectivity index (χ4n) is 4.04. The monoisotopic (exact) mass is 394 g/mol. The molecule has 0 saturated heterocycles. The van der Waals surface area contributed by atoms with Gasteiger partial charge in [-0.3, -0.25) is 9.20 Å². The average molecular weight is 394 g/mol. The molecule has 5 rings (SSSR count). The average Bonchev–Trinajstić information content (AvgIpc) is 3.48. The molecule has 150 valence electrons. The van der Waals surface area contributed by atoms with Gasteiger partial charge in [-0.15, -0.1) is 0 Å². The Balaban J connectivity index is 1.39. The summed E-state index contributed by atoms with van der Waals surface area (Å²) < 4.78 is 16.4. The molecular formula is C22H23FN4O2. The third kappa shape index (κ3) is 3.74. The van der Waals surface area contributed by atoms with Crippen molar-refractivity contribution in [3.05, 3.63) is 48.2 Å². The number of aliphatic hydroxyl groups excluding tert-OH is 1. The van der Waals surface area contributed by atoms with Gasteiger partial charge in [-0.25, -0.2) is 14.4 Å². The van der Waals surface area contributed by atoms with E-state index in [-0.39, 0.29) is 17.9 Å². The molecule has 1 amide bonds. The lowest BCUT2D eigenvalue weighted by atomic mass is 9.87. The molecule has 0 atom stereocenters. The second kappa shape index (κ2) is 7.22. The first-order valence-electron chi connectivity index (χ1n) is 10.2. The normalized spacial score (nSPS) is 22.0. The van der Waals surface area contributed by atoms with Crippen LogP contribution in [0.15, 0.2) is 36.8 Å². The van der Waals surface area contributed by atoms with Crippen LogP contribution in [0.2, 0.25) is 0 Å². The van der Waals surface area contributed by atoms with Crippen molar-refractivity contribution >= 4 is 17.4 Å². The number of carbonyl (C=O) groups is 1. The SMILES string of the molecule is O=C(Nc1ccc(F)c(-c2cn3cc(C4CC4)cnc3n2)c1)[C@H]1CC[C@@H](O)CC1. The summed E-state index contributed by atoms with van der Waals surface area (Å²) in [6.45, 7) is 0. The van der Waals surface area contributed by atoms with E-state index in [4.69, 9.17) is 0 Å². The van der Waals surface area contributed by atoms with Gasteiger partial charge in [0.25, 0.3) is 0 Å². The highest BCUT2D eigenvalue weighted by atomic mass is 19.1. The van der Waals surface area contributed by atoms with Crippen LogP contribution in [0, 0.1) is 11.7 Å². The zero-order valence-corrected chi connectivity index (χ0v) is 16.0. The number of anilines is 1. The molecule has 2 N–H and O–H groups in total. The Bertz CT molecular complexity index is 1070. The smallest absolute Gasteiger partial charge is 0.234 e. The Kier molecular flexibility index (Phi) is 4.54. The van der Waals surface area contributed by atoms with E-state index in [9.17, 15) is 14.3 Å². The van der Waals surface area contributed by atoms with Gasteiger partial charge in [0.15, 0.2) is 0 Å². The Morgan fingerprint density at radius 3 is 2.69 bits per heavy atom. The zero-order valence-electron chi connectivity index (χ0n) is 16.0. The van der Waals surface area contributed by atoms with Crippen molar-refractivity contribution in [3.8, 4) is 11.3 Å². The van der Waals surface area contributed by atoms with Gasteiger partial charge in [0, 0.05) is 35.8 Å². The summed E-state index contributed by atoms with van der Waals surface area (Å²) in [5.41, 5.74) is 2.54. The number of rotatable bonds is 4. The van der Waals surface area contributed by atoms with Gasteiger partial charge in [-0.2, -0.15) is 0 Å². The molecular weight excluding hydrogens is 371 g/mol. The summed E-state index contributed by atoms with van der Waals surface area (Å²) in [6.07, 6.45) is 10.3. The van der Waals surface area contributed by atoms with E-state index in [2.05, 4.69) is 15.3 Å². The fraction of sp³-hybridized carbons (Fsp3) is 0.409. The highest BCUT2D eigenvalue weighted by molar-refractivity contribution is 5.93. The molecule has 2 aliphatic rings. The van der Waals surface area contributed by atoms with E-state index < -0.39 is 5.82 Å². The first-order chi connectivity index (χ1) is 14.1. The second-order valence-electron chi connectivity index (χ2n) is 8.18. The maximum Gasteiger partial charge on any atom is 0.234 e. The van der Waals surface area contributed by atoms with Crippen LogP contribution in [0.25, 0.3) is 17.0 Å². The second-order valence-corrected chi connectivity index (χ2v) is 8.18. The summed E-state index contributed by atoms with van der Waals surface area (Å²) in [6, 6.07) is 4.53. The Hall–Kier alpha value is -2.80. The predicted molar refractivity (Wildman–Crippen MR) is 107 cm³/mol. The molecule has 2 aliphatic carbocycles. The van der Waals surface area contributed by atoms with E-state index in [1.807, 2.05) is 16.8 Å². The maximum absolute atomic E-state index is 14.5. The summed E-state index contributed by atoms with van der Waals surface area (Å²) in [4.78, 5) is 21.4. The lowest BCUT2D eigenvalue weighted by Crippen LogP contribution is -2.28. The summed E-state index contributed by atoms with van der Waals surface area (Å²) in [5.74, 6) is 0.509. The molecule has 0 aliphatic heterocycles. The molecule has 3 aromatic rings. The van der Waals surface area contributed by atoms with Gasteiger partial charge in [-0.1, -0.05) is 0 Å². The van der Waals surface area contributed by atoms with Gasteiger partial charge in [0.2, 0.25) is 11.7 Å². The van der Waals surface area contributed by atoms with Crippen molar-refractivity contribution in [2.75, 3.05) is 5.32 Å². The molecule has 0 bridgehead atoms. The lowest BCUT2D eigenvalue weighted by molar-refractivity contribution is -0.121. The number of hydrogen-bond donors (Lipinski definition) is 2. The number of aliphatic hydroxyl groups is 1. The first kappa shape index (κ1) is 18.2. The van der Waals surface area contributed by atoms with E-state index in [0.29, 0.717) is 54.3 Å². The molecule has 1 aromatic carbocycles. The standard InChI is InChI=1S/C22H23FN4O2/c23-19-8-5-16(25-21(29)14-3-6-17(28)7-4-14)9-18(19)20-12-27-11-15(13-1-2-13)10-24-22(27)26-20/h5,8-14,17,28H,1-4,6-7H2,(H,25,29)/t14-,17+. The Morgan fingerprint density at radius 2 is 1.93 bits per heavy atom. The van der Waals surface area contributed by atoms with Crippen molar-refractivity contribution in [1.82, 2.24) is 14.4 Å². The fourth-order valence-corrected chi connectivity index (χ4v) is 4.04. The molecule has 0 radical (unpaired) electrons. The van der Waals surface area contributed by atoms with Crippen LogP contribution in [0.5, 0.6) is 0 Å². The van der Waals surface area contributed by atoms with Crippen LogP contribution in [0.1, 0.15) is 50.0 Å². The zero-order chi connectivity index (χ0) is 20.0. The Labute approximate surface area is 167 Å². The van der Waals surface area contributed by atoms with Crippen molar-refractivity contribution in [2.45, 2.75) is 50.5 Å². The van der Waals surface area contributed by atoms with Crippen LogP contribution in [0.3, 0.4) is 0 Å². The summed E-state index contributed by atoms with van der Waals surface area (Å²) >= 11 is 0. The van der Waals surface area contributed by atoms with Crippen LogP contribution in [-0.4, -0.2) is 31.5 Å². The molecule has 2 saturated carbocycles. The number of fused-ring (bicyclic) bond motifs is 1. The van der Waals surface area contributed by atoms with Crippen molar-refractivity contribution < 1.29 is 14.3 Å². The van der Waals surface area contributed by atoms with Crippen molar-refractivity contribution in [1.29, 1.82) is 0 Å².